The molecule has 0 aromatic heterocycles. The summed E-state index contributed by atoms with van der Waals surface area (Å²) in [7, 11) is 1.96. The molecule has 3 rings (SSSR count). The largest absolute Gasteiger partial charge is 0.388 e. The second-order valence-electron chi connectivity index (χ2n) is 6.79. The van der Waals surface area contributed by atoms with E-state index in [0.29, 0.717) is 50.7 Å². The van der Waals surface area contributed by atoms with Crippen LogP contribution in [0.25, 0.3) is 0 Å². The van der Waals surface area contributed by atoms with Crippen LogP contribution in [-0.4, -0.2) is 35.3 Å². The van der Waals surface area contributed by atoms with Crippen LogP contribution in [0, 0.1) is 5.92 Å². The highest BCUT2D eigenvalue weighted by Gasteiger charge is 2.46. The van der Waals surface area contributed by atoms with E-state index < -0.39 is 17.6 Å². The standard InChI is InChI=1S/C19H19Cl4NO2/c1-24-7-6-19(26,12-3-5-15(21)17(23)9-12)13(10-24)18(25)11-2-4-14(20)16(22)8-11/h2-5,8-9,13,18,25-26H,6-7,10H2,1H3/t13-,18+,19+/m0/s1. The second-order valence-corrected chi connectivity index (χ2v) is 8.42. The molecule has 7 heteroatoms. The van der Waals surface area contributed by atoms with Gasteiger partial charge >= 0.3 is 0 Å². The Morgan fingerprint density at radius 1 is 1.00 bits per heavy atom. The summed E-state index contributed by atoms with van der Waals surface area (Å²) in [5.41, 5.74) is 0.00834. The van der Waals surface area contributed by atoms with Gasteiger partial charge < -0.3 is 15.1 Å². The zero-order valence-electron chi connectivity index (χ0n) is 14.1. The fourth-order valence-electron chi connectivity index (χ4n) is 3.54. The van der Waals surface area contributed by atoms with Gasteiger partial charge in [0, 0.05) is 19.0 Å². The maximum absolute atomic E-state index is 11.5. The van der Waals surface area contributed by atoms with Gasteiger partial charge in [-0.25, -0.2) is 0 Å². The SMILES string of the molecule is CN1CC[C@@](O)(c2ccc(Cl)c(Cl)c2)[C@H]([C@H](O)c2ccc(Cl)c(Cl)c2)C1. The summed E-state index contributed by atoms with van der Waals surface area (Å²) in [5, 5.41) is 24.2. The molecule has 0 saturated carbocycles. The Morgan fingerprint density at radius 2 is 1.62 bits per heavy atom. The van der Waals surface area contributed by atoms with Crippen molar-refractivity contribution in [3.63, 3.8) is 0 Å². The van der Waals surface area contributed by atoms with Crippen molar-refractivity contribution in [2.75, 3.05) is 20.1 Å². The number of halogens is 4. The first-order valence-electron chi connectivity index (χ1n) is 8.22. The van der Waals surface area contributed by atoms with Crippen molar-refractivity contribution >= 4 is 46.4 Å². The monoisotopic (exact) mass is 433 g/mol. The molecule has 1 fully saturated rings. The van der Waals surface area contributed by atoms with Crippen molar-refractivity contribution in [2.45, 2.75) is 18.1 Å². The zero-order chi connectivity index (χ0) is 19.1. The van der Waals surface area contributed by atoms with Gasteiger partial charge in [0.1, 0.15) is 0 Å². The first kappa shape index (κ1) is 20.2. The van der Waals surface area contributed by atoms with Crippen molar-refractivity contribution in [1.82, 2.24) is 4.90 Å². The van der Waals surface area contributed by atoms with E-state index in [2.05, 4.69) is 4.90 Å². The Hall–Kier alpha value is -0.520. The van der Waals surface area contributed by atoms with Gasteiger partial charge in [-0.15, -0.1) is 0 Å². The summed E-state index contributed by atoms with van der Waals surface area (Å²) < 4.78 is 0. The highest BCUT2D eigenvalue weighted by Crippen LogP contribution is 2.45. The highest BCUT2D eigenvalue weighted by molar-refractivity contribution is 6.42. The van der Waals surface area contributed by atoms with Gasteiger partial charge in [-0.2, -0.15) is 0 Å². The molecule has 0 bridgehead atoms. The summed E-state index contributed by atoms with van der Waals surface area (Å²) >= 11 is 24.3. The van der Waals surface area contributed by atoms with E-state index in [-0.39, 0.29) is 0 Å². The van der Waals surface area contributed by atoms with Crippen molar-refractivity contribution in [3.8, 4) is 0 Å². The van der Waals surface area contributed by atoms with Gasteiger partial charge in [-0.05, 0) is 48.9 Å². The topological polar surface area (TPSA) is 43.7 Å². The van der Waals surface area contributed by atoms with Crippen LogP contribution in [-0.2, 0) is 5.60 Å². The number of aliphatic hydroxyl groups excluding tert-OH is 1. The summed E-state index contributed by atoms with van der Waals surface area (Å²) in [6.07, 6.45) is -0.461. The lowest BCUT2D eigenvalue weighted by Gasteiger charge is -2.46. The van der Waals surface area contributed by atoms with E-state index in [1.54, 1.807) is 36.4 Å². The average Bonchev–Trinajstić information content (AvgIpc) is 2.61. The predicted octanol–water partition coefficient (Wildman–Crippen LogP) is 5.17. The molecule has 1 saturated heterocycles. The first-order valence-corrected chi connectivity index (χ1v) is 9.73. The van der Waals surface area contributed by atoms with Crippen molar-refractivity contribution < 1.29 is 10.2 Å². The number of nitrogens with zero attached hydrogens (tertiary/aromatic N) is 1. The van der Waals surface area contributed by atoms with Crippen LogP contribution in [0.5, 0.6) is 0 Å². The first-order chi connectivity index (χ1) is 12.2. The Labute approximate surface area is 173 Å². The van der Waals surface area contributed by atoms with E-state index >= 15 is 0 Å². The minimum atomic E-state index is -1.24. The molecule has 1 aliphatic rings. The Balaban J connectivity index is 2.02. The Morgan fingerprint density at radius 3 is 2.23 bits per heavy atom. The fraction of sp³-hybridized carbons (Fsp3) is 0.368. The Bertz CT molecular complexity index is 816. The van der Waals surface area contributed by atoms with Gasteiger partial charge in [0.05, 0.1) is 31.8 Å². The van der Waals surface area contributed by atoms with E-state index in [9.17, 15) is 10.2 Å². The maximum Gasteiger partial charge on any atom is 0.0977 e. The van der Waals surface area contributed by atoms with E-state index in [1.165, 1.54) is 0 Å². The van der Waals surface area contributed by atoms with E-state index in [4.69, 9.17) is 46.4 Å². The number of benzene rings is 2. The summed E-state index contributed by atoms with van der Waals surface area (Å²) in [4.78, 5) is 2.08. The molecule has 2 aromatic rings. The number of hydrogen-bond acceptors (Lipinski definition) is 3. The molecule has 3 atom stereocenters. The van der Waals surface area contributed by atoms with Gasteiger partial charge in [-0.1, -0.05) is 58.5 Å². The maximum atomic E-state index is 11.5. The van der Waals surface area contributed by atoms with Gasteiger partial charge in [0.25, 0.3) is 0 Å². The van der Waals surface area contributed by atoms with Gasteiger partial charge in [0.2, 0.25) is 0 Å². The molecule has 0 spiro atoms. The fourth-order valence-corrected chi connectivity index (χ4v) is 4.14. The van der Waals surface area contributed by atoms with Crippen molar-refractivity contribution in [2.24, 2.45) is 5.92 Å². The molecule has 0 unspecified atom stereocenters. The highest BCUT2D eigenvalue weighted by atomic mass is 35.5. The second kappa shape index (κ2) is 7.84. The lowest BCUT2D eigenvalue weighted by Crippen LogP contribution is -2.51. The molecule has 0 radical (unpaired) electrons. The van der Waals surface area contributed by atoms with Gasteiger partial charge in [0.15, 0.2) is 0 Å². The molecule has 0 aliphatic carbocycles. The quantitative estimate of drug-likeness (QED) is 0.699. The lowest BCUT2D eigenvalue weighted by molar-refractivity contribution is -0.118. The minimum Gasteiger partial charge on any atom is -0.388 e. The van der Waals surface area contributed by atoms with Crippen LogP contribution >= 0.6 is 46.4 Å². The predicted molar refractivity (Wildman–Crippen MR) is 107 cm³/mol. The van der Waals surface area contributed by atoms with Crippen molar-refractivity contribution in [3.05, 3.63) is 67.6 Å². The van der Waals surface area contributed by atoms with Crippen LogP contribution < -0.4 is 0 Å². The molecule has 140 valence electrons. The molecule has 3 nitrogen and oxygen atoms in total. The number of aliphatic hydroxyl groups is 2. The third-order valence-corrected chi connectivity index (χ3v) is 6.56. The molecule has 0 amide bonds. The number of likely N-dealkylation sites (tertiary alicyclic amines) is 1. The van der Waals surface area contributed by atoms with Crippen LogP contribution in [0.3, 0.4) is 0 Å². The summed E-state index contributed by atoms with van der Waals surface area (Å²) in [5.74, 6) is -0.476. The van der Waals surface area contributed by atoms with Crippen LogP contribution in [0.2, 0.25) is 20.1 Å². The van der Waals surface area contributed by atoms with Crippen LogP contribution in [0.1, 0.15) is 23.7 Å². The smallest absolute Gasteiger partial charge is 0.0977 e. The lowest BCUT2D eigenvalue weighted by atomic mass is 9.72. The molecule has 26 heavy (non-hydrogen) atoms. The van der Waals surface area contributed by atoms with Crippen LogP contribution in [0.4, 0.5) is 0 Å². The molecule has 1 heterocycles. The van der Waals surface area contributed by atoms with Gasteiger partial charge in [-0.3, -0.25) is 0 Å². The summed E-state index contributed by atoms with van der Waals surface area (Å²) in [6.45, 7) is 1.21. The molecular formula is C19H19Cl4NO2. The molecule has 2 aromatic carbocycles. The third-order valence-electron chi connectivity index (χ3n) is 5.08. The normalized spacial score (nSPS) is 25.3. The third kappa shape index (κ3) is 3.85. The number of piperidine rings is 1. The molecule has 2 N–H and O–H groups in total. The minimum absolute atomic E-state index is 0.366. The summed E-state index contributed by atoms with van der Waals surface area (Å²) in [6, 6.07) is 10.1. The number of rotatable bonds is 3. The molecule has 1 aliphatic heterocycles. The molecular weight excluding hydrogens is 416 g/mol. The Kier molecular flexibility index (Phi) is 6.10. The van der Waals surface area contributed by atoms with Crippen LogP contribution in [0.15, 0.2) is 36.4 Å². The zero-order valence-corrected chi connectivity index (χ0v) is 17.1. The van der Waals surface area contributed by atoms with Crippen molar-refractivity contribution in [1.29, 1.82) is 0 Å². The average molecular weight is 435 g/mol. The number of hydrogen-bond donors (Lipinski definition) is 2. The van der Waals surface area contributed by atoms with E-state index in [0.717, 1.165) is 0 Å². The van der Waals surface area contributed by atoms with E-state index in [1.807, 2.05) is 7.05 Å².